The van der Waals surface area contributed by atoms with Gasteiger partial charge >= 0.3 is 5.97 Å². The second-order valence-electron chi connectivity index (χ2n) is 9.84. The zero-order chi connectivity index (χ0) is 23.4. The molecule has 176 valence electrons. The topological polar surface area (TPSA) is 81.2 Å². The van der Waals surface area contributed by atoms with E-state index in [-0.39, 0.29) is 12.3 Å². The third kappa shape index (κ3) is 5.67. The van der Waals surface area contributed by atoms with Crippen LogP contribution in [0.1, 0.15) is 70.8 Å². The first-order valence-electron chi connectivity index (χ1n) is 12.2. The lowest BCUT2D eigenvalue weighted by atomic mass is 9.92. The number of carbonyl (C=O) groups is 1. The van der Waals surface area contributed by atoms with E-state index in [1.54, 1.807) is 0 Å². The number of hydrogen-bond acceptors (Lipinski definition) is 4. The van der Waals surface area contributed by atoms with Crippen molar-refractivity contribution in [2.45, 2.75) is 71.3 Å². The fourth-order valence-corrected chi connectivity index (χ4v) is 4.96. The van der Waals surface area contributed by atoms with Gasteiger partial charge in [-0.3, -0.25) is 4.79 Å². The Balaban J connectivity index is 1.73. The minimum absolute atomic E-state index is 0.0685. The number of nitrogens with zero attached hydrogens (tertiary/aromatic N) is 2. The molecular weight excluding hydrogens is 412 g/mol. The summed E-state index contributed by atoms with van der Waals surface area (Å²) in [6, 6.07) is 14.9. The first-order valence-corrected chi connectivity index (χ1v) is 12.2. The number of benzene rings is 2. The highest BCUT2D eigenvalue weighted by Crippen LogP contribution is 2.37. The Morgan fingerprint density at radius 2 is 1.91 bits per heavy atom. The lowest BCUT2D eigenvalue weighted by Gasteiger charge is -2.38. The van der Waals surface area contributed by atoms with Gasteiger partial charge in [-0.05, 0) is 54.5 Å². The molecule has 3 aromatic rings. The summed E-state index contributed by atoms with van der Waals surface area (Å²) >= 11 is 0. The first kappa shape index (κ1) is 23.1. The molecule has 0 spiro atoms. The van der Waals surface area contributed by atoms with Gasteiger partial charge in [0.1, 0.15) is 0 Å². The molecule has 1 saturated carbocycles. The van der Waals surface area contributed by atoms with E-state index in [2.05, 4.69) is 47.2 Å². The zero-order valence-corrected chi connectivity index (χ0v) is 20.0. The van der Waals surface area contributed by atoms with Crippen LogP contribution in [0.3, 0.4) is 0 Å². The molecule has 0 bridgehead atoms. The second kappa shape index (κ2) is 10.3. The Hall–Kier alpha value is -3.02. The molecule has 1 unspecified atom stereocenters. The van der Waals surface area contributed by atoms with Gasteiger partial charge in [0.2, 0.25) is 5.95 Å². The summed E-state index contributed by atoms with van der Waals surface area (Å²) < 4.78 is 0. The van der Waals surface area contributed by atoms with E-state index >= 15 is 0 Å². The summed E-state index contributed by atoms with van der Waals surface area (Å²) in [4.78, 5) is 22.0. The van der Waals surface area contributed by atoms with E-state index in [0.29, 0.717) is 17.9 Å². The van der Waals surface area contributed by atoms with Gasteiger partial charge in [-0.2, -0.15) is 0 Å². The molecule has 6 nitrogen and oxygen atoms in total. The van der Waals surface area contributed by atoms with E-state index in [0.717, 1.165) is 28.8 Å². The van der Waals surface area contributed by atoms with E-state index < -0.39 is 5.97 Å². The summed E-state index contributed by atoms with van der Waals surface area (Å²) in [6.45, 7) is 7.50. The third-order valence-electron chi connectivity index (χ3n) is 6.60. The van der Waals surface area contributed by atoms with Crippen LogP contribution in [0.4, 0.5) is 17.3 Å². The van der Waals surface area contributed by atoms with Crippen molar-refractivity contribution in [2.24, 2.45) is 5.92 Å². The van der Waals surface area contributed by atoms with Crippen LogP contribution in [0.5, 0.6) is 0 Å². The van der Waals surface area contributed by atoms with Gasteiger partial charge in [0, 0.05) is 12.6 Å². The molecule has 33 heavy (non-hydrogen) atoms. The molecule has 0 aliphatic heterocycles. The molecule has 0 saturated heterocycles. The van der Waals surface area contributed by atoms with Crippen LogP contribution >= 0.6 is 0 Å². The summed E-state index contributed by atoms with van der Waals surface area (Å²) in [5, 5.41) is 12.9. The predicted molar refractivity (Wildman–Crippen MR) is 136 cm³/mol. The summed E-state index contributed by atoms with van der Waals surface area (Å²) in [6.07, 6.45) is 6.42. The number of H-pyrrole nitrogens is 1. The number of nitrogens with one attached hydrogen (secondary N) is 2. The van der Waals surface area contributed by atoms with Crippen molar-refractivity contribution in [3.05, 3.63) is 48.0 Å². The van der Waals surface area contributed by atoms with Crippen LogP contribution in [0.2, 0.25) is 0 Å². The fraction of sp³-hybridized carbons (Fsp3) is 0.481. The van der Waals surface area contributed by atoms with Gasteiger partial charge in [-0.15, -0.1) is 0 Å². The van der Waals surface area contributed by atoms with E-state index in [1.165, 1.54) is 37.8 Å². The van der Waals surface area contributed by atoms with Crippen LogP contribution in [0.15, 0.2) is 42.5 Å². The molecule has 1 aliphatic carbocycles. The molecule has 1 fully saturated rings. The normalized spacial score (nSPS) is 15.6. The number of imidazole rings is 1. The number of hydrogen-bond donors (Lipinski definition) is 3. The van der Waals surface area contributed by atoms with Gasteiger partial charge in [0.15, 0.2) is 0 Å². The Bertz CT molecular complexity index is 1050. The number of aliphatic carboxylic acids is 1. The van der Waals surface area contributed by atoms with E-state index in [9.17, 15) is 9.90 Å². The Labute approximate surface area is 196 Å². The van der Waals surface area contributed by atoms with Crippen LogP contribution in [0.25, 0.3) is 11.0 Å². The Morgan fingerprint density at radius 1 is 1.15 bits per heavy atom. The molecule has 0 radical (unpaired) electrons. The lowest BCUT2D eigenvalue weighted by molar-refractivity contribution is -0.137. The fourth-order valence-electron chi connectivity index (χ4n) is 4.96. The number of carboxylic acids is 1. The highest BCUT2D eigenvalue weighted by molar-refractivity contribution is 5.81. The van der Waals surface area contributed by atoms with E-state index in [1.807, 2.05) is 31.2 Å². The van der Waals surface area contributed by atoms with Crippen molar-refractivity contribution in [3.63, 3.8) is 0 Å². The molecule has 1 aliphatic rings. The number of aromatic nitrogens is 2. The van der Waals surface area contributed by atoms with Crippen molar-refractivity contribution in [2.75, 3.05) is 16.8 Å². The molecule has 3 N–H and O–H groups in total. The van der Waals surface area contributed by atoms with E-state index in [4.69, 9.17) is 4.98 Å². The molecule has 0 amide bonds. The van der Waals surface area contributed by atoms with Gasteiger partial charge < -0.3 is 20.3 Å². The summed E-state index contributed by atoms with van der Waals surface area (Å²) in [5.41, 5.74) is 5.08. The van der Waals surface area contributed by atoms with Crippen LogP contribution in [-0.4, -0.2) is 33.6 Å². The van der Waals surface area contributed by atoms with Gasteiger partial charge in [-0.25, -0.2) is 4.98 Å². The third-order valence-corrected chi connectivity index (χ3v) is 6.60. The molecule has 1 atom stereocenters. The zero-order valence-electron chi connectivity index (χ0n) is 20.0. The number of anilines is 3. The SMILES string of the molecule is CC(C)CN(c1ccc(C(C)CC(=O)O)cc1Nc1nc2ccccc2[nH]1)C1CCCCC1. The minimum atomic E-state index is -0.776. The smallest absolute Gasteiger partial charge is 0.303 e. The average Bonchev–Trinajstić information content (AvgIpc) is 3.20. The summed E-state index contributed by atoms with van der Waals surface area (Å²) in [7, 11) is 0. The Morgan fingerprint density at radius 3 is 2.61 bits per heavy atom. The molecule has 1 aromatic heterocycles. The van der Waals surface area contributed by atoms with Crippen molar-refractivity contribution in [1.82, 2.24) is 9.97 Å². The predicted octanol–water partition coefficient (Wildman–Crippen LogP) is 6.68. The number of rotatable bonds is 9. The lowest BCUT2D eigenvalue weighted by Crippen LogP contribution is -2.39. The monoisotopic (exact) mass is 448 g/mol. The average molecular weight is 449 g/mol. The van der Waals surface area contributed by atoms with Crippen molar-refractivity contribution >= 4 is 34.3 Å². The molecule has 2 aromatic carbocycles. The van der Waals surface area contributed by atoms with Crippen LogP contribution in [-0.2, 0) is 4.79 Å². The molecule has 1 heterocycles. The largest absolute Gasteiger partial charge is 0.481 e. The quantitative estimate of drug-likeness (QED) is 0.340. The van der Waals surface area contributed by atoms with Crippen LogP contribution in [0, 0.1) is 5.92 Å². The van der Waals surface area contributed by atoms with Crippen molar-refractivity contribution in [3.8, 4) is 0 Å². The standard InChI is InChI=1S/C27H36N4O2/c1-18(2)17-31(21-9-5-4-6-10-21)25-14-13-20(19(3)15-26(32)33)16-24(25)30-27-28-22-11-7-8-12-23(22)29-27/h7-8,11-14,16,18-19,21H,4-6,9-10,15,17H2,1-3H3,(H,32,33)(H2,28,29,30). The maximum atomic E-state index is 11.3. The highest BCUT2D eigenvalue weighted by atomic mass is 16.4. The first-order chi connectivity index (χ1) is 15.9. The van der Waals surface area contributed by atoms with Crippen molar-refractivity contribution in [1.29, 1.82) is 0 Å². The number of fused-ring (bicyclic) bond motifs is 1. The van der Waals surface area contributed by atoms with Gasteiger partial charge in [0.05, 0.1) is 28.8 Å². The van der Waals surface area contributed by atoms with Gasteiger partial charge in [-0.1, -0.05) is 58.2 Å². The number of aromatic amines is 1. The molecular formula is C27H36N4O2. The highest BCUT2D eigenvalue weighted by Gasteiger charge is 2.25. The maximum absolute atomic E-state index is 11.3. The number of para-hydroxylation sites is 2. The Kier molecular flexibility index (Phi) is 7.21. The van der Waals surface area contributed by atoms with Crippen molar-refractivity contribution < 1.29 is 9.90 Å². The molecule has 4 rings (SSSR count). The number of carboxylic acid groups (broad SMARTS) is 1. The second-order valence-corrected chi connectivity index (χ2v) is 9.84. The van der Waals surface area contributed by atoms with Crippen LogP contribution < -0.4 is 10.2 Å². The van der Waals surface area contributed by atoms with Gasteiger partial charge in [0.25, 0.3) is 0 Å². The maximum Gasteiger partial charge on any atom is 0.303 e. The summed E-state index contributed by atoms with van der Waals surface area (Å²) in [5.74, 6) is 0.397. The minimum Gasteiger partial charge on any atom is -0.481 e. The molecule has 6 heteroatoms.